The fraction of sp³-hybridized carbons (Fsp3) is 0.294. The van der Waals surface area contributed by atoms with Crippen LogP contribution in [0.15, 0.2) is 52.5 Å². The van der Waals surface area contributed by atoms with Crippen molar-refractivity contribution >= 4 is 33.4 Å². The van der Waals surface area contributed by atoms with Crippen molar-refractivity contribution in [2.45, 2.75) is 28.7 Å². The van der Waals surface area contributed by atoms with Gasteiger partial charge in [0.2, 0.25) is 15.9 Å². The van der Waals surface area contributed by atoms with Gasteiger partial charge < -0.3 is 10.1 Å². The number of pyridine rings is 1. The number of thioether (sulfide) groups is 1. The van der Waals surface area contributed by atoms with Gasteiger partial charge in [0.1, 0.15) is 10.6 Å². The van der Waals surface area contributed by atoms with E-state index >= 15 is 0 Å². The third kappa shape index (κ3) is 5.88. The molecule has 2 aromatic rings. The van der Waals surface area contributed by atoms with Gasteiger partial charge in [0.25, 0.3) is 0 Å². The summed E-state index contributed by atoms with van der Waals surface area (Å²) in [5.41, 5.74) is 0.430. The lowest BCUT2D eigenvalue weighted by molar-refractivity contribution is -0.115. The predicted molar refractivity (Wildman–Crippen MR) is 102 cm³/mol. The zero-order chi connectivity index (χ0) is 20.9. The summed E-state index contributed by atoms with van der Waals surface area (Å²) in [6.45, 7) is -1.25. The fourth-order valence-electron chi connectivity index (χ4n) is 2.00. The maximum Gasteiger partial charge on any atom is 0.387 e. The average Bonchev–Trinajstić information content (AvgIpc) is 2.63. The number of hydrogen-bond donors (Lipinski definition) is 1. The average molecular weight is 431 g/mol. The van der Waals surface area contributed by atoms with Crippen LogP contribution >= 0.6 is 11.8 Å². The van der Waals surface area contributed by atoms with Crippen LogP contribution in [0.5, 0.6) is 5.75 Å². The smallest absolute Gasteiger partial charge is 0.387 e. The van der Waals surface area contributed by atoms with Crippen LogP contribution in [0.3, 0.4) is 0 Å². The largest absolute Gasteiger partial charge is 0.435 e. The molecule has 1 aromatic carbocycles. The van der Waals surface area contributed by atoms with Crippen molar-refractivity contribution in [2.24, 2.45) is 0 Å². The predicted octanol–water partition coefficient (Wildman–Crippen LogP) is 3.05. The number of anilines is 1. The van der Waals surface area contributed by atoms with Gasteiger partial charge in [-0.3, -0.25) is 4.79 Å². The van der Waals surface area contributed by atoms with E-state index in [9.17, 15) is 22.0 Å². The van der Waals surface area contributed by atoms with Gasteiger partial charge in [0.05, 0.1) is 10.3 Å². The second-order valence-electron chi connectivity index (χ2n) is 5.77. The van der Waals surface area contributed by atoms with Crippen LogP contribution in [0.2, 0.25) is 0 Å². The van der Waals surface area contributed by atoms with E-state index in [0.29, 0.717) is 10.7 Å². The lowest BCUT2D eigenvalue weighted by Gasteiger charge is -2.13. The van der Waals surface area contributed by atoms with E-state index in [1.807, 2.05) is 0 Å². The molecule has 0 bridgehead atoms. The van der Waals surface area contributed by atoms with Crippen molar-refractivity contribution in [1.29, 1.82) is 0 Å². The Morgan fingerprint density at radius 1 is 1.18 bits per heavy atom. The highest BCUT2D eigenvalue weighted by molar-refractivity contribution is 8.00. The minimum absolute atomic E-state index is 0.00705. The first kappa shape index (κ1) is 22.1. The zero-order valence-corrected chi connectivity index (χ0v) is 16.9. The second-order valence-corrected chi connectivity index (χ2v) is 9.28. The summed E-state index contributed by atoms with van der Waals surface area (Å²) >= 11 is 1.15. The summed E-state index contributed by atoms with van der Waals surface area (Å²) in [5, 5.41) is 2.62. The molecular formula is C17H19F2N3O4S2. The maximum atomic E-state index is 12.3. The number of ether oxygens (including phenoxy) is 1. The number of alkyl halides is 2. The minimum atomic E-state index is -3.57. The number of carbonyl (C=O) groups is 1. The Hall–Kier alpha value is -2.24. The number of nitrogens with one attached hydrogen (secondary N) is 1. The molecule has 7 nitrogen and oxygen atoms in total. The molecule has 11 heteroatoms. The first-order valence-corrected chi connectivity index (χ1v) is 10.3. The number of benzene rings is 1. The zero-order valence-electron chi connectivity index (χ0n) is 15.3. The molecule has 0 aliphatic rings. The van der Waals surface area contributed by atoms with E-state index in [4.69, 9.17) is 0 Å². The van der Waals surface area contributed by atoms with Gasteiger partial charge in [-0.2, -0.15) is 8.78 Å². The molecule has 152 valence electrons. The first-order chi connectivity index (χ1) is 13.1. The van der Waals surface area contributed by atoms with E-state index in [1.165, 1.54) is 56.7 Å². The van der Waals surface area contributed by atoms with Crippen molar-refractivity contribution in [3.8, 4) is 5.75 Å². The molecule has 0 fully saturated rings. The van der Waals surface area contributed by atoms with Crippen molar-refractivity contribution in [2.75, 3.05) is 19.4 Å². The van der Waals surface area contributed by atoms with Crippen LogP contribution in [0, 0.1) is 0 Å². The topological polar surface area (TPSA) is 88.6 Å². The van der Waals surface area contributed by atoms with Crippen molar-refractivity contribution < 1.29 is 26.7 Å². The molecule has 2 rings (SSSR count). The quantitative estimate of drug-likeness (QED) is 0.647. The molecular weight excluding hydrogens is 412 g/mol. The standard InChI is InChI=1S/C17H19F2N3O4S2/c1-11(16(23)21-12-4-6-13(7-5-12)26-17(18)19)27-15-9-8-14(10-20-15)28(24,25)22(2)3/h4-11,17H,1-3H3,(H,21,23). The molecule has 0 aliphatic heterocycles. The minimum Gasteiger partial charge on any atom is -0.435 e. The lowest BCUT2D eigenvalue weighted by Crippen LogP contribution is -2.23. The van der Waals surface area contributed by atoms with Gasteiger partial charge in [0.15, 0.2) is 0 Å². The Balaban J connectivity index is 1.97. The van der Waals surface area contributed by atoms with Crippen LogP contribution in [-0.2, 0) is 14.8 Å². The number of aromatic nitrogens is 1. The molecule has 1 aromatic heterocycles. The molecule has 1 unspecified atom stereocenters. The van der Waals surface area contributed by atoms with Gasteiger partial charge in [0, 0.05) is 26.0 Å². The van der Waals surface area contributed by atoms with E-state index in [-0.39, 0.29) is 16.6 Å². The van der Waals surface area contributed by atoms with Gasteiger partial charge in [-0.05, 0) is 43.3 Å². The van der Waals surface area contributed by atoms with E-state index in [2.05, 4.69) is 15.0 Å². The number of halogens is 2. The van der Waals surface area contributed by atoms with Gasteiger partial charge in [-0.25, -0.2) is 17.7 Å². The number of amides is 1. The van der Waals surface area contributed by atoms with Crippen molar-refractivity contribution in [3.63, 3.8) is 0 Å². The Bertz CT molecular complexity index is 905. The first-order valence-electron chi connectivity index (χ1n) is 8.00. The molecule has 1 amide bonds. The Kier molecular flexibility index (Phi) is 7.33. The highest BCUT2D eigenvalue weighted by Crippen LogP contribution is 2.24. The summed E-state index contributed by atoms with van der Waals surface area (Å²) in [4.78, 5) is 16.4. The third-order valence-electron chi connectivity index (χ3n) is 3.50. The van der Waals surface area contributed by atoms with Crippen molar-refractivity contribution in [1.82, 2.24) is 9.29 Å². The van der Waals surface area contributed by atoms with Gasteiger partial charge in [-0.1, -0.05) is 11.8 Å². The van der Waals surface area contributed by atoms with Crippen LogP contribution in [0.4, 0.5) is 14.5 Å². The number of carbonyl (C=O) groups excluding carboxylic acids is 1. The highest BCUT2D eigenvalue weighted by Gasteiger charge is 2.19. The fourth-order valence-corrected chi connectivity index (χ4v) is 3.63. The second kappa shape index (κ2) is 9.30. The molecule has 1 atom stereocenters. The number of nitrogens with zero attached hydrogens (tertiary/aromatic N) is 2. The molecule has 0 spiro atoms. The van der Waals surface area contributed by atoms with E-state index in [0.717, 1.165) is 16.1 Å². The number of hydrogen-bond acceptors (Lipinski definition) is 6. The van der Waals surface area contributed by atoms with E-state index < -0.39 is 21.9 Å². The summed E-state index contributed by atoms with van der Waals surface area (Å²) in [5.74, 6) is -0.327. The van der Waals surface area contributed by atoms with Crippen molar-refractivity contribution in [3.05, 3.63) is 42.6 Å². The summed E-state index contributed by atoms with van der Waals surface area (Å²) in [6, 6.07) is 8.51. The van der Waals surface area contributed by atoms with Crippen LogP contribution in [-0.4, -0.2) is 49.6 Å². The third-order valence-corrected chi connectivity index (χ3v) is 6.35. The Labute approximate surface area is 166 Å². The van der Waals surface area contributed by atoms with Gasteiger partial charge in [-0.15, -0.1) is 0 Å². The molecule has 1 N–H and O–H groups in total. The van der Waals surface area contributed by atoms with E-state index in [1.54, 1.807) is 6.92 Å². The van der Waals surface area contributed by atoms with Crippen LogP contribution in [0.1, 0.15) is 6.92 Å². The van der Waals surface area contributed by atoms with Crippen LogP contribution < -0.4 is 10.1 Å². The Morgan fingerprint density at radius 3 is 2.32 bits per heavy atom. The maximum absolute atomic E-state index is 12.3. The molecule has 0 aliphatic carbocycles. The molecule has 0 radical (unpaired) electrons. The Morgan fingerprint density at radius 2 is 1.82 bits per heavy atom. The van der Waals surface area contributed by atoms with Crippen LogP contribution in [0.25, 0.3) is 0 Å². The monoisotopic (exact) mass is 431 g/mol. The van der Waals surface area contributed by atoms with Gasteiger partial charge >= 0.3 is 6.61 Å². The molecule has 0 saturated carbocycles. The summed E-state index contributed by atoms with van der Waals surface area (Å²) in [6.07, 6.45) is 1.24. The lowest BCUT2D eigenvalue weighted by atomic mass is 10.3. The number of sulfonamides is 1. The normalized spacial score (nSPS) is 12.8. The number of rotatable bonds is 8. The highest BCUT2D eigenvalue weighted by atomic mass is 32.2. The molecule has 1 heterocycles. The summed E-state index contributed by atoms with van der Waals surface area (Å²) in [7, 11) is -0.711. The molecule has 0 saturated heterocycles. The molecule has 28 heavy (non-hydrogen) atoms. The SMILES string of the molecule is CC(Sc1ccc(S(=O)(=O)N(C)C)cn1)C(=O)Nc1ccc(OC(F)F)cc1. The summed E-state index contributed by atoms with van der Waals surface area (Å²) < 4.78 is 53.7.